The minimum absolute atomic E-state index is 0.139. The van der Waals surface area contributed by atoms with E-state index in [9.17, 15) is 25.1 Å². The highest BCUT2D eigenvalue weighted by atomic mass is 79.9. The number of carbonyl (C=O) groups is 2. The summed E-state index contributed by atoms with van der Waals surface area (Å²) in [6.45, 7) is 0.307. The molecule has 56 heavy (non-hydrogen) atoms. The van der Waals surface area contributed by atoms with Gasteiger partial charge in [-0.2, -0.15) is 15.5 Å². The molecule has 296 valence electrons. The van der Waals surface area contributed by atoms with Gasteiger partial charge in [-0.1, -0.05) is 78.7 Å². The number of aromatic nitrogens is 3. The number of nitrogens with zero attached hydrogens (tertiary/aromatic N) is 6. The first-order valence-corrected chi connectivity index (χ1v) is 20.1. The summed E-state index contributed by atoms with van der Waals surface area (Å²) < 4.78 is 19.5. The second-order valence-corrected chi connectivity index (χ2v) is 15.1. The molecule has 0 saturated carbocycles. The fourth-order valence-corrected chi connectivity index (χ4v) is 7.47. The van der Waals surface area contributed by atoms with E-state index in [-0.39, 0.29) is 42.4 Å². The van der Waals surface area contributed by atoms with Crippen LogP contribution >= 0.6 is 27.5 Å². The number of nitrogens with two attached hydrogens (primary N) is 1. The molecule has 14 nitrogen and oxygen atoms in total. The summed E-state index contributed by atoms with van der Waals surface area (Å²) in [4.78, 5) is 29.0. The minimum atomic E-state index is -1.94. The molecule has 1 unspecified atom stereocenters. The third kappa shape index (κ3) is 9.33. The fourth-order valence-electron chi connectivity index (χ4n) is 7.08. The number of hydrazone groups is 1. The zero-order chi connectivity index (χ0) is 39.7. The molecule has 2 aromatic carbocycles. The number of hydrogen-bond donors (Lipinski definition) is 3. The van der Waals surface area contributed by atoms with Gasteiger partial charge >= 0.3 is 5.97 Å². The van der Waals surface area contributed by atoms with Gasteiger partial charge in [-0.15, -0.1) is 11.6 Å². The molecule has 4 aromatic rings. The van der Waals surface area contributed by atoms with Gasteiger partial charge in [0.2, 0.25) is 5.60 Å². The average molecular weight is 851 g/mol. The molecule has 0 aliphatic carbocycles. The lowest BCUT2D eigenvalue weighted by Gasteiger charge is -2.24. The van der Waals surface area contributed by atoms with Crippen LogP contribution in [0.1, 0.15) is 87.1 Å². The Morgan fingerprint density at radius 1 is 1.00 bits per heavy atom. The Kier molecular flexibility index (Phi) is 14.0. The van der Waals surface area contributed by atoms with E-state index < -0.39 is 29.9 Å². The van der Waals surface area contributed by atoms with Gasteiger partial charge in [0.1, 0.15) is 54.5 Å². The number of esters is 1. The van der Waals surface area contributed by atoms with E-state index in [1.807, 2.05) is 54.6 Å². The summed E-state index contributed by atoms with van der Waals surface area (Å²) in [5.41, 5.74) is 7.33. The highest BCUT2D eigenvalue weighted by Crippen LogP contribution is 2.40. The normalized spacial score (nSPS) is 21.9. The molecule has 0 bridgehead atoms. The van der Waals surface area contributed by atoms with E-state index in [1.54, 1.807) is 6.07 Å². The molecule has 2 aliphatic rings. The number of ether oxygens (including phenoxy) is 3. The molecule has 4 N–H and O–H groups in total. The van der Waals surface area contributed by atoms with Crippen LogP contribution in [0.25, 0.3) is 5.52 Å². The smallest absolute Gasteiger partial charge is 0.305 e. The van der Waals surface area contributed by atoms with Crippen LogP contribution in [0.3, 0.4) is 0 Å². The van der Waals surface area contributed by atoms with Crippen LogP contribution in [-0.2, 0) is 24.7 Å². The average Bonchev–Trinajstić information content (AvgIpc) is 3.92. The number of amides is 1. The zero-order valence-corrected chi connectivity index (χ0v) is 33.1. The van der Waals surface area contributed by atoms with Gasteiger partial charge < -0.3 is 30.2 Å². The van der Waals surface area contributed by atoms with Crippen molar-refractivity contribution in [2.45, 2.75) is 94.2 Å². The van der Waals surface area contributed by atoms with Crippen molar-refractivity contribution in [1.29, 1.82) is 5.26 Å². The predicted molar refractivity (Wildman–Crippen MR) is 212 cm³/mol. The number of unbranched alkanes of at least 4 members (excludes halogenated alkanes) is 7. The Bertz CT molecular complexity index is 2040. The number of carbonyl (C=O) groups excluding carboxylic acids is 2. The van der Waals surface area contributed by atoms with Crippen molar-refractivity contribution in [1.82, 2.24) is 19.6 Å². The maximum atomic E-state index is 12.6. The predicted octanol–water partition coefficient (Wildman–Crippen LogP) is 5.96. The van der Waals surface area contributed by atoms with Gasteiger partial charge in [-0.3, -0.25) is 9.59 Å². The number of aliphatic hydroxyl groups excluding tert-OH is 2. The highest BCUT2D eigenvalue weighted by molar-refractivity contribution is 9.10. The van der Waals surface area contributed by atoms with Crippen LogP contribution in [0.15, 0.2) is 76.6 Å². The maximum Gasteiger partial charge on any atom is 0.305 e. The third-order valence-corrected chi connectivity index (χ3v) is 10.9. The van der Waals surface area contributed by atoms with Gasteiger partial charge in [-0.25, -0.2) is 14.5 Å². The topological polar surface area (TPSA) is 198 Å². The number of hydrogen-bond acceptors (Lipinski definition) is 12. The number of nitrogen functional groups attached to an aromatic ring is 1. The molecular weight excluding hydrogens is 806 g/mol. The number of anilines is 1. The van der Waals surface area contributed by atoms with Crippen LogP contribution < -0.4 is 10.5 Å². The van der Waals surface area contributed by atoms with Crippen molar-refractivity contribution < 1.29 is 34.0 Å². The molecule has 5 atom stereocenters. The lowest BCUT2D eigenvalue weighted by molar-refractivity contribution is -0.150. The molecular formula is C40H45BrClN7O7. The Balaban J connectivity index is 0.822. The quantitative estimate of drug-likeness (QED) is 0.0607. The number of aliphatic hydroxyl groups is 2. The molecule has 0 spiro atoms. The number of fused-ring (bicyclic) bond motifs is 1. The van der Waals surface area contributed by atoms with Gasteiger partial charge in [0.05, 0.1) is 24.1 Å². The van der Waals surface area contributed by atoms with Crippen LogP contribution in [0.4, 0.5) is 5.82 Å². The van der Waals surface area contributed by atoms with Crippen LogP contribution in [-0.4, -0.2) is 84.8 Å². The Morgan fingerprint density at radius 3 is 2.39 bits per heavy atom. The van der Waals surface area contributed by atoms with E-state index in [2.05, 4.69) is 31.1 Å². The highest BCUT2D eigenvalue weighted by Gasteiger charge is 2.57. The van der Waals surface area contributed by atoms with E-state index in [4.69, 9.17) is 31.5 Å². The van der Waals surface area contributed by atoms with Crippen molar-refractivity contribution in [3.05, 3.63) is 88.3 Å². The molecule has 6 rings (SSSR count). The van der Waals surface area contributed by atoms with Crippen LogP contribution in [0, 0.1) is 11.3 Å². The first kappa shape index (κ1) is 41.1. The zero-order valence-electron chi connectivity index (χ0n) is 30.8. The van der Waals surface area contributed by atoms with Gasteiger partial charge in [0, 0.05) is 17.3 Å². The molecule has 0 radical (unpaired) electrons. The fraction of sp³-hybridized carbons (Fsp3) is 0.450. The number of halogens is 2. The van der Waals surface area contributed by atoms with Gasteiger partial charge in [0.15, 0.2) is 5.82 Å². The van der Waals surface area contributed by atoms with Crippen molar-refractivity contribution >= 4 is 56.5 Å². The van der Waals surface area contributed by atoms with Gasteiger partial charge in [0.25, 0.3) is 5.91 Å². The second kappa shape index (κ2) is 19.0. The lowest BCUT2D eigenvalue weighted by Crippen LogP contribution is -2.41. The first-order valence-electron chi connectivity index (χ1n) is 18.8. The Labute approximate surface area is 338 Å². The maximum absolute atomic E-state index is 12.6. The molecule has 4 heterocycles. The van der Waals surface area contributed by atoms with Crippen molar-refractivity contribution in [2.75, 3.05) is 24.8 Å². The van der Waals surface area contributed by atoms with Gasteiger partial charge in [-0.05, 0) is 60.4 Å². The summed E-state index contributed by atoms with van der Waals surface area (Å²) in [5, 5.41) is 41.8. The van der Waals surface area contributed by atoms with Crippen molar-refractivity contribution in [2.24, 2.45) is 5.10 Å². The van der Waals surface area contributed by atoms with Crippen molar-refractivity contribution in [3.63, 3.8) is 0 Å². The minimum Gasteiger partial charge on any atom is -0.494 e. The first-order chi connectivity index (χ1) is 27.1. The summed E-state index contributed by atoms with van der Waals surface area (Å²) >= 11 is 9.37. The third-order valence-electron chi connectivity index (χ3n) is 10.2. The molecule has 1 fully saturated rings. The van der Waals surface area contributed by atoms with Crippen molar-refractivity contribution in [3.8, 4) is 11.8 Å². The Hall–Kier alpha value is -4.59. The standard InChI is InChI=1S/C40H45BrClN7O7/c41-28-14-10-26(11-15-28)30-21-32(49(47-30)35(50)22-42)27-12-16-29(17-13-27)54-20-8-6-4-2-1-3-5-7-9-36(51)55-23-33-37(52)38(53)40(24-43,56-33)34-19-18-31-39(44)45-25-46-48(31)34/h10-19,25,32-33,37-38,52-53H,1-9,20-23H2,(H2,44,45,46)/t32?,33-,37-,38-,40+/m1/s1. The number of benzene rings is 2. The largest absolute Gasteiger partial charge is 0.494 e. The summed E-state index contributed by atoms with van der Waals surface area (Å²) in [6.07, 6.45) is 5.64. The number of rotatable bonds is 18. The SMILES string of the molecule is N#C[C@@]1(c2ccc3c(N)ncnn23)O[C@H](COC(=O)CCCCCCCCCCOc2ccc(C3CC(c4ccc(Br)cc4)=NN3C(=O)CCl)cc2)[C@@H](O)[C@H]1O. The summed E-state index contributed by atoms with van der Waals surface area (Å²) in [7, 11) is 0. The molecule has 1 saturated heterocycles. The molecule has 16 heteroatoms. The Morgan fingerprint density at radius 2 is 1.70 bits per heavy atom. The monoisotopic (exact) mass is 849 g/mol. The molecule has 1 amide bonds. The van der Waals surface area contributed by atoms with E-state index in [1.165, 1.54) is 21.9 Å². The second-order valence-electron chi connectivity index (χ2n) is 13.9. The molecule has 2 aliphatic heterocycles. The molecule has 2 aromatic heterocycles. The summed E-state index contributed by atoms with van der Waals surface area (Å²) in [5.74, 6) is 0.147. The van der Waals surface area contributed by atoms with Crippen LogP contribution in [0.5, 0.6) is 5.75 Å². The number of alkyl halides is 1. The van der Waals surface area contributed by atoms with E-state index in [0.29, 0.717) is 25.0 Å². The summed E-state index contributed by atoms with van der Waals surface area (Å²) in [6, 6.07) is 20.6. The van der Waals surface area contributed by atoms with E-state index >= 15 is 0 Å². The number of nitriles is 1. The van der Waals surface area contributed by atoms with Crippen LogP contribution in [0.2, 0.25) is 0 Å². The van der Waals surface area contributed by atoms with E-state index in [0.717, 1.165) is 72.0 Å². The lowest BCUT2D eigenvalue weighted by atomic mass is 9.92.